The van der Waals surface area contributed by atoms with Crippen LogP contribution in [0.3, 0.4) is 0 Å². The molecule has 1 heterocycles. The second kappa shape index (κ2) is 9.66. The summed E-state index contributed by atoms with van der Waals surface area (Å²) >= 11 is 6.10. The van der Waals surface area contributed by atoms with Crippen LogP contribution in [-0.4, -0.2) is 23.9 Å². The van der Waals surface area contributed by atoms with Gasteiger partial charge in [-0.3, -0.25) is 9.69 Å². The van der Waals surface area contributed by atoms with Gasteiger partial charge in [-0.2, -0.15) is 5.26 Å². The van der Waals surface area contributed by atoms with Crippen LogP contribution in [0.25, 0.3) is 0 Å². The van der Waals surface area contributed by atoms with Gasteiger partial charge in [-0.05, 0) is 49.0 Å². The minimum Gasteiger partial charge on any atom is -0.325 e. The van der Waals surface area contributed by atoms with Crippen LogP contribution < -0.4 is 5.32 Å². The second-order valence-electron chi connectivity index (χ2n) is 6.42. The average Bonchev–Trinajstić information content (AvgIpc) is 2.55. The summed E-state index contributed by atoms with van der Waals surface area (Å²) in [7, 11) is 0. The third-order valence-electron chi connectivity index (χ3n) is 4.32. The van der Waals surface area contributed by atoms with Crippen molar-refractivity contribution >= 4 is 23.2 Å². The van der Waals surface area contributed by atoms with Crippen LogP contribution in [-0.2, 0) is 11.3 Å². The number of nitrogens with zero attached hydrogens (tertiary/aromatic N) is 2. The number of likely N-dealkylation sites (tertiary alicyclic amines) is 1. The predicted octanol–water partition coefficient (Wildman–Crippen LogP) is 4.84. The van der Waals surface area contributed by atoms with E-state index in [1.54, 1.807) is 0 Å². The Morgan fingerprint density at radius 1 is 1.38 bits per heavy atom. The summed E-state index contributed by atoms with van der Waals surface area (Å²) in [6.45, 7) is 10.5. The van der Waals surface area contributed by atoms with Gasteiger partial charge >= 0.3 is 0 Å². The first-order chi connectivity index (χ1) is 11.4. The van der Waals surface area contributed by atoms with Crippen molar-refractivity contribution in [2.45, 2.75) is 53.5 Å². The van der Waals surface area contributed by atoms with E-state index in [9.17, 15) is 4.79 Å². The number of rotatable bonds is 4. The number of halogens is 1. The summed E-state index contributed by atoms with van der Waals surface area (Å²) in [5.74, 6) is -0.121. The summed E-state index contributed by atoms with van der Waals surface area (Å²) in [6.07, 6.45) is 2.73. The molecule has 1 aliphatic rings. The van der Waals surface area contributed by atoms with E-state index in [4.69, 9.17) is 16.9 Å². The molecule has 0 bridgehead atoms. The number of piperidine rings is 1. The summed E-state index contributed by atoms with van der Waals surface area (Å²) in [5.41, 5.74) is 1.96. The molecule has 0 spiro atoms. The molecule has 0 aliphatic carbocycles. The van der Waals surface area contributed by atoms with Crippen molar-refractivity contribution in [3.05, 3.63) is 28.8 Å². The van der Waals surface area contributed by atoms with Gasteiger partial charge in [0, 0.05) is 19.9 Å². The van der Waals surface area contributed by atoms with E-state index in [2.05, 4.69) is 23.2 Å². The average molecular weight is 350 g/mol. The van der Waals surface area contributed by atoms with Crippen LogP contribution >= 0.6 is 11.6 Å². The van der Waals surface area contributed by atoms with Gasteiger partial charge in [0.15, 0.2) is 0 Å². The van der Waals surface area contributed by atoms with E-state index >= 15 is 0 Å². The summed E-state index contributed by atoms with van der Waals surface area (Å²) < 4.78 is 0. The van der Waals surface area contributed by atoms with E-state index in [1.165, 1.54) is 6.92 Å². The molecule has 1 amide bonds. The molecular weight excluding hydrogens is 322 g/mol. The van der Waals surface area contributed by atoms with Gasteiger partial charge in [0.2, 0.25) is 5.91 Å². The van der Waals surface area contributed by atoms with Gasteiger partial charge < -0.3 is 5.32 Å². The first-order valence-electron chi connectivity index (χ1n) is 8.57. The van der Waals surface area contributed by atoms with Crippen LogP contribution in [0.1, 0.15) is 52.5 Å². The Kier molecular flexibility index (Phi) is 8.24. The topological polar surface area (TPSA) is 56.1 Å². The van der Waals surface area contributed by atoms with Gasteiger partial charge in [0.25, 0.3) is 0 Å². The predicted molar refractivity (Wildman–Crippen MR) is 100.0 cm³/mol. The molecule has 24 heavy (non-hydrogen) atoms. The lowest BCUT2D eigenvalue weighted by atomic mass is 9.78. The Labute approximate surface area is 150 Å². The van der Waals surface area contributed by atoms with Crippen molar-refractivity contribution < 1.29 is 4.79 Å². The molecule has 0 atom stereocenters. The third-order valence-corrected chi connectivity index (χ3v) is 4.65. The normalized spacial score (nSPS) is 16.5. The van der Waals surface area contributed by atoms with Gasteiger partial charge in [-0.15, -0.1) is 0 Å². The van der Waals surface area contributed by atoms with Crippen molar-refractivity contribution in [2.24, 2.45) is 5.41 Å². The molecule has 0 radical (unpaired) electrons. The minimum atomic E-state index is -0.121. The molecule has 1 aromatic carbocycles. The van der Waals surface area contributed by atoms with E-state index in [0.29, 0.717) is 17.1 Å². The molecule has 1 N–H and O–H groups in total. The Morgan fingerprint density at radius 3 is 2.54 bits per heavy atom. The fraction of sp³-hybridized carbons (Fsp3) is 0.579. The minimum absolute atomic E-state index is 0.121. The van der Waals surface area contributed by atoms with Gasteiger partial charge in [-0.25, -0.2) is 0 Å². The number of hydrogen-bond donors (Lipinski definition) is 1. The highest BCUT2D eigenvalue weighted by Gasteiger charge is 2.29. The number of nitriles is 1. The summed E-state index contributed by atoms with van der Waals surface area (Å²) in [6, 6.07) is 8.06. The number of carbonyl (C=O) groups excluding carboxylic acids is 1. The number of nitrogens with one attached hydrogen (secondary N) is 1. The number of anilines is 1. The maximum Gasteiger partial charge on any atom is 0.221 e. The van der Waals surface area contributed by atoms with Crippen LogP contribution in [0.5, 0.6) is 0 Å². The van der Waals surface area contributed by atoms with E-state index < -0.39 is 0 Å². The third kappa shape index (κ3) is 6.14. The van der Waals surface area contributed by atoms with Crippen molar-refractivity contribution in [2.75, 3.05) is 18.4 Å². The number of benzene rings is 1. The van der Waals surface area contributed by atoms with Crippen LogP contribution in [0.4, 0.5) is 5.69 Å². The standard InChI is InChI=1S/C17H22ClN3O.C2H6/c1-13(22)20-16-11-14(3-4-15(16)18)12-21-9-6-17(2,5-8-19)7-10-21;1-2/h3-4,11H,5-7,9-10,12H2,1-2H3,(H,20,22);1-2H3. The van der Waals surface area contributed by atoms with E-state index in [1.807, 2.05) is 32.0 Å². The fourth-order valence-electron chi connectivity index (χ4n) is 2.83. The number of carbonyl (C=O) groups is 1. The molecule has 4 nitrogen and oxygen atoms in total. The maximum atomic E-state index is 11.2. The molecular formula is C19H28ClN3O. The van der Waals surface area contributed by atoms with Crippen LogP contribution in [0.15, 0.2) is 18.2 Å². The van der Waals surface area contributed by atoms with Gasteiger partial charge in [-0.1, -0.05) is 38.4 Å². The monoisotopic (exact) mass is 349 g/mol. The Bertz CT molecular complexity index is 587. The molecule has 5 heteroatoms. The van der Waals surface area contributed by atoms with Crippen LogP contribution in [0.2, 0.25) is 5.02 Å². The molecule has 2 rings (SSSR count). The fourth-order valence-corrected chi connectivity index (χ4v) is 3.00. The molecule has 0 unspecified atom stereocenters. The molecule has 1 fully saturated rings. The van der Waals surface area contributed by atoms with Crippen molar-refractivity contribution in [3.63, 3.8) is 0 Å². The largest absolute Gasteiger partial charge is 0.325 e. The highest BCUT2D eigenvalue weighted by Crippen LogP contribution is 2.34. The van der Waals surface area contributed by atoms with Crippen molar-refractivity contribution in [3.8, 4) is 6.07 Å². The number of amides is 1. The first-order valence-corrected chi connectivity index (χ1v) is 8.95. The summed E-state index contributed by atoms with van der Waals surface area (Å²) in [5, 5.41) is 12.2. The Balaban J connectivity index is 0.00000139. The molecule has 1 aromatic rings. The zero-order chi connectivity index (χ0) is 18.2. The molecule has 1 aliphatic heterocycles. The lowest BCUT2D eigenvalue weighted by molar-refractivity contribution is -0.114. The highest BCUT2D eigenvalue weighted by atomic mass is 35.5. The Hall–Kier alpha value is -1.57. The van der Waals surface area contributed by atoms with Crippen molar-refractivity contribution in [1.82, 2.24) is 4.90 Å². The van der Waals surface area contributed by atoms with Crippen molar-refractivity contribution in [1.29, 1.82) is 5.26 Å². The zero-order valence-corrected chi connectivity index (χ0v) is 15.9. The van der Waals surface area contributed by atoms with Gasteiger partial charge in [0.05, 0.1) is 16.8 Å². The molecule has 0 aromatic heterocycles. The molecule has 1 saturated heterocycles. The van der Waals surface area contributed by atoms with Crippen LogP contribution in [0, 0.1) is 16.7 Å². The number of hydrogen-bond acceptors (Lipinski definition) is 3. The Morgan fingerprint density at radius 2 is 2.00 bits per heavy atom. The first kappa shape index (κ1) is 20.5. The highest BCUT2D eigenvalue weighted by molar-refractivity contribution is 6.33. The lowest BCUT2D eigenvalue weighted by Crippen LogP contribution is -2.38. The smallest absolute Gasteiger partial charge is 0.221 e. The van der Waals surface area contributed by atoms with Gasteiger partial charge in [0.1, 0.15) is 0 Å². The van der Waals surface area contributed by atoms with E-state index in [-0.39, 0.29) is 11.3 Å². The SMILES string of the molecule is CC.CC(=O)Nc1cc(CN2CCC(C)(CC#N)CC2)ccc1Cl. The second-order valence-corrected chi connectivity index (χ2v) is 6.82. The summed E-state index contributed by atoms with van der Waals surface area (Å²) in [4.78, 5) is 13.6. The molecule has 132 valence electrons. The lowest BCUT2D eigenvalue weighted by Gasteiger charge is -2.38. The quantitative estimate of drug-likeness (QED) is 0.846. The van der Waals surface area contributed by atoms with E-state index in [0.717, 1.165) is 38.0 Å². The maximum absolute atomic E-state index is 11.2. The zero-order valence-electron chi connectivity index (χ0n) is 15.2. The molecule has 0 saturated carbocycles.